The molecule has 0 spiro atoms. The van der Waals surface area contributed by atoms with Crippen molar-refractivity contribution in [1.29, 1.82) is 0 Å². The molecule has 5 rings (SSSR count). The lowest BCUT2D eigenvalue weighted by molar-refractivity contribution is 0.00578. The van der Waals surface area contributed by atoms with Gasteiger partial charge in [0.2, 0.25) is 0 Å². The number of amides is 1. The van der Waals surface area contributed by atoms with Crippen LogP contribution < -0.4 is 11.1 Å². The van der Waals surface area contributed by atoms with E-state index in [-0.39, 0.29) is 19.1 Å². The van der Waals surface area contributed by atoms with Gasteiger partial charge in [-0.05, 0) is 73.5 Å². The average molecular weight is 510 g/mol. The molecule has 6 nitrogen and oxygen atoms in total. The fraction of sp³-hybridized carbons (Fsp3) is 0.323. The molecule has 38 heavy (non-hydrogen) atoms. The molecule has 1 aliphatic heterocycles. The smallest absolute Gasteiger partial charge is 0.449 e. The predicted octanol–water partition coefficient (Wildman–Crippen LogP) is 6.13. The van der Waals surface area contributed by atoms with E-state index >= 15 is 0 Å². The zero-order chi connectivity index (χ0) is 27.1. The van der Waals surface area contributed by atoms with Crippen LogP contribution in [-0.4, -0.2) is 37.6 Å². The van der Waals surface area contributed by atoms with Crippen LogP contribution in [0.3, 0.4) is 0 Å². The van der Waals surface area contributed by atoms with E-state index < -0.39 is 24.4 Å². The highest BCUT2D eigenvalue weighted by Gasteiger charge is 2.52. The number of ether oxygens (including phenoxy) is 1. The zero-order valence-electron chi connectivity index (χ0n) is 22.7. The van der Waals surface area contributed by atoms with Gasteiger partial charge in [0.15, 0.2) is 0 Å². The minimum absolute atomic E-state index is 0.00153. The molecule has 1 saturated heterocycles. The van der Waals surface area contributed by atoms with Crippen LogP contribution in [0.1, 0.15) is 55.9 Å². The normalized spacial score (nSPS) is 17.7. The number of hydrogen-bond acceptors (Lipinski definition) is 5. The number of anilines is 1. The van der Waals surface area contributed by atoms with Crippen LogP contribution in [-0.2, 0) is 14.0 Å². The van der Waals surface area contributed by atoms with E-state index in [1.165, 1.54) is 22.3 Å². The van der Waals surface area contributed by atoms with Gasteiger partial charge in [-0.3, -0.25) is 0 Å². The topological polar surface area (TPSA) is 82.8 Å². The van der Waals surface area contributed by atoms with Crippen molar-refractivity contribution >= 4 is 25.0 Å². The lowest BCUT2D eigenvalue weighted by atomic mass is 9.76. The van der Waals surface area contributed by atoms with Crippen molar-refractivity contribution in [3.05, 3.63) is 94.5 Å². The number of nitrogen functional groups attached to an aromatic ring is 1. The Labute approximate surface area is 225 Å². The number of para-hydroxylation sites is 1. The summed E-state index contributed by atoms with van der Waals surface area (Å²) in [7, 11) is -0.631. The van der Waals surface area contributed by atoms with Gasteiger partial charge < -0.3 is 25.1 Å². The second kappa shape index (κ2) is 9.97. The van der Waals surface area contributed by atoms with Crippen LogP contribution in [0.4, 0.5) is 10.5 Å². The van der Waals surface area contributed by atoms with Crippen LogP contribution in [0.5, 0.6) is 0 Å². The summed E-state index contributed by atoms with van der Waals surface area (Å²) in [6, 6.07) is 22.4. The van der Waals surface area contributed by atoms with Crippen LogP contribution in [0.25, 0.3) is 17.2 Å². The first kappa shape index (κ1) is 26.1. The molecule has 1 fully saturated rings. The Hall–Kier alpha value is -3.55. The number of carbonyl (C=O) groups is 1. The number of rotatable bonds is 6. The number of carbonyl (C=O) groups excluding carboxylic acids is 1. The van der Waals surface area contributed by atoms with Crippen molar-refractivity contribution in [3.63, 3.8) is 0 Å². The van der Waals surface area contributed by atoms with Gasteiger partial charge in [0.1, 0.15) is 6.61 Å². The summed E-state index contributed by atoms with van der Waals surface area (Å²) in [6.07, 6.45) is 1.44. The third kappa shape index (κ3) is 4.84. The first-order valence-corrected chi connectivity index (χ1v) is 13.1. The number of aryl methyl sites for hydroxylation is 1. The number of nitrogens with two attached hydrogens (primary N) is 1. The highest BCUT2D eigenvalue weighted by Crippen LogP contribution is 2.44. The number of fused-ring (bicyclic) bond motifs is 3. The summed E-state index contributed by atoms with van der Waals surface area (Å²) in [6.45, 7) is 10.4. The second-order valence-corrected chi connectivity index (χ2v) is 11.1. The van der Waals surface area contributed by atoms with Crippen molar-refractivity contribution in [2.24, 2.45) is 0 Å². The Morgan fingerprint density at radius 1 is 0.947 bits per heavy atom. The van der Waals surface area contributed by atoms with Crippen LogP contribution in [0.15, 0.2) is 72.2 Å². The molecule has 2 aliphatic rings. The van der Waals surface area contributed by atoms with Crippen LogP contribution >= 0.6 is 0 Å². The Kier molecular flexibility index (Phi) is 6.84. The van der Waals surface area contributed by atoms with Gasteiger partial charge in [-0.2, -0.15) is 0 Å². The van der Waals surface area contributed by atoms with Gasteiger partial charge in [-0.25, -0.2) is 4.79 Å². The Morgan fingerprint density at radius 3 is 2.13 bits per heavy atom. The first-order chi connectivity index (χ1) is 18.1. The van der Waals surface area contributed by atoms with Gasteiger partial charge in [-0.1, -0.05) is 72.8 Å². The number of nitrogens with one attached hydrogen (secondary N) is 1. The maximum absolute atomic E-state index is 12.9. The molecule has 0 bridgehead atoms. The molecular weight excluding hydrogens is 475 g/mol. The molecule has 0 atom stereocenters. The Morgan fingerprint density at radius 2 is 1.53 bits per heavy atom. The molecule has 3 aromatic carbocycles. The third-order valence-corrected chi connectivity index (χ3v) is 8.04. The van der Waals surface area contributed by atoms with Crippen molar-refractivity contribution in [3.8, 4) is 11.1 Å². The standard InChI is InChI=1S/C31H35BN2O4/c1-20-11-10-12-21(28(20)33)17-22(32-37-30(2,3)31(4,5)38-32)18-34-29(35)36-19-27-25-15-8-6-13-23(25)24-14-7-9-16-26(24)27/h6-17,27H,18-19,33H2,1-5H3,(H,34,35). The molecule has 3 aromatic rings. The van der Waals surface area contributed by atoms with E-state index in [4.69, 9.17) is 19.8 Å². The molecule has 0 aromatic heterocycles. The molecule has 0 radical (unpaired) electrons. The monoisotopic (exact) mass is 510 g/mol. The van der Waals surface area contributed by atoms with Crippen molar-refractivity contribution in [2.45, 2.75) is 51.7 Å². The summed E-state index contributed by atoms with van der Waals surface area (Å²) in [5.74, 6) is -0.00153. The van der Waals surface area contributed by atoms with Gasteiger partial charge >= 0.3 is 13.2 Å². The molecule has 7 heteroatoms. The molecule has 0 unspecified atom stereocenters. The predicted molar refractivity (Wildman–Crippen MR) is 153 cm³/mol. The maximum Gasteiger partial charge on any atom is 0.492 e. The van der Waals surface area contributed by atoms with E-state index in [1.807, 2.05) is 83.2 Å². The molecule has 3 N–H and O–H groups in total. The summed E-state index contributed by atoms with van der Waals surface area (Å²) in [4.78, 5) is 12.9. The highest BCUT2D eigenvalue weighted by atomic mass is 16.7. The molecule has 196 valence electrons. The van der Waals surface area contributed by atoms with E-state index in [9.17, 15) is 4.79 Å². The first-order valence-electron chi connectivity index (χ1n) is 13.1. The van der Waals surface area contributed by atoms with E-state index in [0.717, 1.165) is 16.6 Å². The summed E-state index contributed by atoms with van der Waals surface area (Å²) in [5.41, 5.74) is 13.3. The number of benzene rings is 3. The fourth-order valence-electron chi connectivity index (χ4n) is 5.05. The maximum atomic E-state index is 12.9. The largest absolute Gasteiger partial charge is 0.492 e. The third-order valence-electron chi connectivity index (χ3n) is 8.04. The number of hydrogen-bond donors (Lipinski definition) is 2. The second-order valence-electron chi connectivity index (χ2n) is 11.1. The SMILES string of the molecule is Cc1cccc(C=C(CNC(=O)OCC2c3ccccc3-c3ccccc32)B2OC(C)(C)C(C)(C)O2)c1N. The van der Waals surface area contributed by atoms with E-state index in [2.05, 4.69) is 29.6 Å². The number of alkyl carbamates (subject to hydrolysis) is 1. The molecule has 0 saturated carbocycles. The van der Waals surface area contributed by atoms with Gasteiger partial charge in [0, 0.05) is 18.2 Å². The van der Waals surface area contributed by atoms with Gasteiger partial charge in [0.05, 0.1) is 11.2 Å². The van der Waals surface area contributed by atoms with Gasteiger partial charge in [-0.15, -0.1) is 0 Å². The van der Waals surface area contributed by atoms with E-state index in [0.29, 0.717) is 5.69 Å². The lowest BCUT2D eigenvalue weighted by Crippen LogP contribution is -2.41. The Balaban J connectivity index is 1.31. The summed E-state index contributed by atoms with van der Waals surface area (Å²) >= 11 is 0. The van der Waals surface area contributed by atoms with Crippen molar-refractivity contribution < 1.29 is 18.8 Å². The minimum atomic E-state index is -0.631. The lowest BCUT2D eigenvalue weighted by Gasteiger charge is -2.32. The molecule has 1 aliphatic carbocycles. The average Bonchev–Trinajstić information content (AvgIpc) is 3.32. The summed E-state index contributed by atoms with van der Waals surface area (Å²) < 4.78 is 18.3. The fourth-order valence-corrected chi connectivity index (χ4v) is 5.05. The highest BCUT2D eigenvalue weighted by molar-refractivity contribution is 6.56. The minimum Gasteiger partial charge on any atom is -0.449 e. The summed E-state index contributed by atoms with van der Waals surface area (Å²) in [5, 5.41) is 2.91. The molecule has 1 amide bonds. The van der Waals surface area contributed by atoms with Crippen molar-refractivity contribution in [2.75, 3.05) is 18.9 Å². The molecular formula is C31H35BN2O4. The van der Waals surface area contributed by atoms with Gasteiger partial charge in [0.25, 0.3) is 0 Å². The quantitative estimate of drug-likeness (QED) is 0.308. The van der Waals surface area contributed by atoms with Crippen LogP contribution in [0.2, 0.25) is 0 Å². The van der Waals surface area contributed by atoms with E-state index in [1.54, 1.807) is 0 Å². The van der Waals surface area contributed by atoms with Crippen LogP contribution in [0, 0.1) is 6.92 Å². The van der Waals surface area contributed by atoms with Crippen molar-refractivity contribution in [1.82, 2.24) is 5.32 Å². The Bertz CT molecular complexity index is 1340. The molecule has 1 heterocycles. The zero-order valence-corrected chi connectivity index (χ0v) is 22.7.